The molecule has 0 radical (unpaired) electrons. The molecule has 1 heterocycles. The fourth-order valence-corrected chi connectivity index (χ4v) is 3.10. The van der Waals surface area contributed by atoms with Crippen molar-refractivity contribution in [3.05, 3.63) is 0 Å². The minimum Gasteiger partial charge on any atom is -0.481 e. The summed E-state index contributed by atoms with van der Waals surface area (Å²) in [5.41, 5.74) is 0. The Kier molecular flexibility index (Phi) is 6.54. The largest absolute Gasteiger partial charge is 0.481 e. The monoisotopic (exact) mass is 273 g/mol. The lowest BCUT2D eigenvalue weighted by Gasteiger charge is -2.34. The molecule has 18 heavy (non-hydrogen) atoms. The van der Waals surface area contributed by atoms with Crippen LogP contribution in [0.25, 0.3) is 0 Å². The summed E-state index contributed by atoms with van der Waals surface area (Å²) in [6.07, 6.45) is 4.97. The Hall–Kier alpha value is -0.710. The van der Waals surface area contributed by atoms with Crippen molar-refractivity contribution >= 4 is 23.6 Å². The van der Waals surface area contributed by atoms with Crippen LogP contribution in [0.4, 0.5) is 0 Å². The van der Waals surface area contributed by atoms with E-state index < -0.39 is 5.97 Å². The second kappa shape index (κ2) is 7.67. The maximum Gasteiger partial charge on any atom is 0.303 e. The van der Waals surface area contributed by atoms with Gasteiger partial charge in [-0.15, -0.1) is 0 Å². The summed E-state index contributed by atoms with van der Waals surface area (Å²) in [6.45, 7) is 3.55. The van der Waals surface area contributed by atoms with E-state index in [0.29, 0.717) is 12.3 Å². The molecule has 0 aromatic carbocycles. The van der Waals surface area contributed by atoms with Gasteiger partial charge in [-0.1, -0.05) is 6.92 Å². The van der Waals surface area contributed by atoms with Crippen LogP contribution in [0.2, 0.25) is 0 Å². The molecular weight excluding hydrogens is 250 g/mol. The first kappa shape index (κ1) is 15.3. The molecule has 1 fully saturated rings. The summed E-state index contributed by atoms with van der Waals surface area (Å²) in [5.74, 6) is 0.770. The number of hydrogen-bond acceptors (Lipinski definition) is 3. The summed E-state index contributed by atoms with van der Waals surface area (Å²) >= 11 is 1.69. The molecule has 1 amide bonds. The Balaban J connectivity index is 2.42. The van der Waals surface area contributed by atoms with Crippen LogP contribution in [-0.4, -0.2) is 47.0 Å². The molecule has 1 aliphatic rings. The van der Waals surface area contributed by atoms with Crippen LogP contribution in [0.5, 0.6) is 0 Å². The van der Waals surface area contributed by atoms with Crippen LogP contribution in [-0.2, 0) is 9.59 Å². The number of nitrogens with zero attached hydrogens (tertiary/aromatic N) is 1. The van der Waals surface area contributed by atoms with Crippen molar-refractivity contribution in [3.8, 4) is 0 Å². The molecule has 104 valence electrons. The second-order valence-electron chi connectivity index (χ2n) is 5.08. The lowest BCUT2D eigenvalue weighted by Crippen LogP contribution is -2.43. The fraction of sp³-hybridized carbons (Fsp3) is 0.846. The topological polar surface area (TPSA) is 57.6 Å². The van der Waals surface area contributed by atoms with Gasteiger partial charge in [0.25, 0.3) is 0 Å². The van der Waals surface area contributed by atoms with Crippen molar-refractivity contribution in [2.75, 3.05) is 25.1 Å². The van der Waals surface area contributed by atoms with Gasteiger partial charge in [-0.3, -0.25) is 9.59 Å². The number of thioether (sulfide) groups is 1. The summed E-state index contributed by atoms with van der Waals surface area (Å²) in [7, 11) is 0. The first-order valence-corrected chi connectivity index (χ1v) is 7.93. The highest BCUT2D eigenvalue weighted by atomic mass is 32.2. The average Bonchev–Trinajstić information content (AvgIpc) is 2.36. The van der Waals surface area contributed by atoms with Crippen molar-refractivity contribution in [1.82, 2.24) is 4.90 Å². The lowest BCUT2D eigenvalue weighted by atomic mass is 9.93. The minimum atomic E-state index is -0.741. The first-order valence-electron chi connectivity index (χ1n) is 6.54. The van der Waals surface area contributed by atoms with Crippen LogP contribution < -0.4 is 0 Å². The predicted octanol–water partition coefficient (Wildman–Crippen LogP) is 2.09. The molecule has 4 nitrogen and oxygen atoms in total. The third-order valence-corrected chi connectivity index (χ3v) is 4.27. The van der Waals surface area contributed by atoms with Gasteiger partial charge < -0.3 is 10.0 Å². The lowest BCUT2D eigenvalue weighted by molar-refractivity contribution is -0.137. The zero-order valence-corrected chi connectivity index (χ0v) is 12.0. The first-order chi connectivity index (χ1) is 8.54. The maximum atomic E-state index is 12.2. The van der Waals surface area contributed by atoms with Gasteiger partial charge in [-0.05, 0) is 31.4 Å². The van der Waals surface area contributed by atoms with Crippen molar-refractivity contribution in [1.29, 1.82) is 0 Å². The molecular formula is C13H23NO3S. The van der Waals surface area contributed by atoms with Gasteiger partial charge >= 0.3 is 5.97 Å². The van der Waals surface area contributed by atoms with Crippen LogP contribution in [0.15, 0.2) is 0 Å². The number of piperidine rings is 1. The molecule has 0 spiro atoms. The molecule has 0 bridgehead atoms. The van der Waals surface area contributed by atoms with Crippen molar-refractivity contribution < 1.29 is 14.7 Å². The van der Waals surface area contributed by atoms with E-state index in [4.69, 9.17) is 5.11 Å². The fourth-order valence-electron chi connectivity index (χ4n) is 2.46. The molecule has 1 saturated heterocycles. The van der Waals surface area contributed by atoms with Crippen LogP contribution in [0.1, 0.15) is 32.6 Å². The minimum absolute atomic E-state index is 0.0678. The summed E-state index contributed by atoms with van der Waals surface area (Å²) in [5, 5.41) is 8.69. The van der Waals surface area contributed by atoms with Crippen molar-refractivity contribution in [2.45, 2.75) is 32.6 Å². The highest BCUT2D eigenvalue weighted by Crippen LogP contribution is 2.22. The number of amides is 1. The molecule has 0 unspecified atom stereocenters. The van der Waals surface area contributed by atoms with Gasteiger partial charge in [0.15, 0.2) is 0 Å². The van der Waals surface area contributed by atoms with Gasteiger partial charge in [-0.2, -0.15) is 11.8 Å². The Labute approximate surface area is 113 Å². The molecule has 0 aromatic rings. The van der Waals surface area contributed by atoms with E-state index in [-0.39, 0.29) is 18.2 Å². The highest BCUT2D eigenvalue weighted by Gasteiger charge is 2.26. The number of carboxylic acid groups (broad SMARTS) is 1. The second-order valence-corrected chi connectivity index (χ2v) is 5.99. The number of carboxylic acids is 1. The number of rotatable bonds is 6. The molecule has 0 saturated carbocycles. The zero-order valence-electron chi connectivity index (χ0n) is 11.2. The third-order valence-electron chi connectivity index (χ3n) is 3.44. The smallest absolute Gasteiger partial charge is 0.303 e. The third kappa shape index (κ3) is 4.88. The molecule has 1 aliphatic heterocycles. The molecule has 0 aliphatic carbocycles. The Morgan fingerprint density at radius 2 is 2.22 bits per heavy atom. The molecule has 0 aromatic heterocycles. The van der Waals surface area contributed by atoms with E-state index >= 15 is 0 Å². The van der Waals surface area contributed by atoms with Gasteiger partial charge in [0.05, 0.1) is 0 Å². The summed E-state index contributed by atoms with van der Waals surface area (Å²) in [6, 6.07) is 0. The summed E-state index contributed by atoms with van der Waals surface area (Å²) in [4.78, 5) is 24.7. The van der Waals surface area contributed by atoms with Crippen molar-refractivity contribution in [3.63, 3.8) is 0 Å². The summed E-state index contributed by atoms with van der Waals surface area (Å²) < 4.78 is 0. The standard InChI is InChI=1S/C13H23NO3S/c1-10(9-18-2)13(17)14-7-3-4-11(8-14)5-6-12(15)16/h10-11H,3-9H2,1-2H3,(H,15,16)/t10-,11-/m0/s1. The molecule has 5 heteroatoms. The number of carbonyl (C=O) groups excluding carboxylic acids is 1. The SMILES string of the molecule is CSC[C@H](C)C(=O)N1CCC[C@@H](CCC(=O)O)C1. The van der Waals surface area contributed by atoms with Crippen LogP contribution >= 0.6 is 11.8 Å². The van der Waals surface area contributed by atoms with E-state index in [1.54, 1.807) is 11.8 Å². The van der Waals surface area contributed by atoms with E-state index in [9.17, 15) is 9.59 Å². The van der Waals surface area contributed by atoms with E-state index in [0.717, 1.165) is 31.7 Å². The Morgan fingerprint density at radius 1 is 1.50 bits per heavy atom. The van der Waals surface area contributed by atoms with Crippen molar-refractivity contribution in [2.24, 2.45) is 11.8 Å². The predicted molar refractivity (Wildman–Crippen MR) is 73.7 cm³/mol. The van der Waals surface area contributed by atoms with E-state index in [2.05, 4.69) is 0 Å². The van der Waals surface area contributed by atoms with Gasteiger partial charge in [-0.25, -0.2) is 0 Å². The normalized spacial score (nSPS) is 21.7. The zero-order chi connectivity index (χ0) is 13.5. The quantitative estimate of drug-likeness (QED) is 0.805. The molecule has 1 N–H and O–H groups in total. The molecule has 2 atom stereocenters. The number of aliphatic carboxylic acids is 1. The number of likely N-dealkylation sites (tertiary alicyclic amines) is 1. The Bertz CT molecular complexity index is 296. The average molecular weight is 273 g/mol. The molecule has 1 rings (SSSR count). The van der Waals surface area contributed by atoms with E-state index in [1.165, 1.54) is 0 Å². The van der Waals surface area contributed by atoms with E-state index in [1.807, 2.05) is 18.1 Å². The number of hydrogen-bond donors (Lipinski definition) is 1. The van der Waals surface area contributed by atoms with Gasteiger partial charge in [0.1, 0.15) is 0 Å². The van der Waals surface area contributed by atoms with Gasteiger partial charge in [0, 0.05) is 31.2 Å². The van der Waals surface area contributed by atoms with Crippen LogP contribution in [0.3, 0.4) is 0 Å². The highest BCUT2D eigenvalue weighted by molar-refractivity contribution is 7.98. The maximum absolute atomic E-state index is 12.2. The van der Waals surface area contributed by atoms with Gasteiger partial charge in [0.2, 0.25) is 5.91 Å². The Morgan fingerprint density at radius 3 is 2.83 bits per heavy atom. The van der Waals surface area contributed by atoms with Crippen LogP contribution in [0, 0.1) is 11.8 Å². The number of carbonyl (C=O) groups is 2.